The van der Waals surface area contributed by atoms with Crippen LogP contribution in [-0.4, -0.2) is 41.7 Å². The third kappa shape index (κ3) is 5.88. The number of fused-ring (bicyclic) bond motifs is 1. The Hall–Kier alpha value is -2.24. The molecule has 0 aliphatic rings. The van der Waals surface area contributed by atoms with Gasteiger partial charge >= 0.3 is 0 Å². The van der Waals surface area contributed by atoms with Gasteiger partial charge in [0.15, 0.2) is 0 Å². The van der Waals surface area contributed by atoms with Crippen molar-refractivity contribution >= 4 is 24.3 Å². The largest absolute Gasteiger partial charge is 0.392 e. The molecular weight excluding hydrogens is 336 g/mol. The summed E-state index contributed by atoms with van der Waals surface area (Å²) in [6, 6.07) is 6.41. The lowest BCUT2D eigenvalue weighted by atomic mass is 9.93. The maximum atomic E-state index is 9.82. The first-order chi connectivity index (χ1) is 12.9. The lowest BCUT2D eigenvalue weighted by molar-refractivity contribution is 0.154. The number of allylic oxidation sites excluding steroid dienone is 1. The highest BCUT2D eigenvalue weighted by Gasteiger charge is 2.21. The fourth-order valence-electron chi connectivity index (χ4n) is 3.26. The summed E-state index contributed by atoms with van der Waals surface area (Å²) in [6.07, 6.45) is 6.74. The maximum Gasteiger partial charge on any atom is 0.0662 e. The first-order valence-corrected chi connectivity index (χ1v) is 9.52. The molecule has 5 heteroatoms. The first kappa shape index (κ1) is 21.1. The normalized spacial score (nSPS) is 13.7. The third-order valence-corrected chi connectivity index (χ3v) is 4.90. The molecular formula is C22H32N4O. The van der Waals surface area contributed by atoms with Crippen LogP contribution >= 0.6 is 0 Å². The van der Waals surface area contributed by atoms with Crippen molar-refractivity contribution in [2.45, 2.75) is 58.1 Å². The van der Waals surface area contributed by atoms with Crippen molar-refractivity contribution in [2.75, 3.05) is 6.54 Å². The third-order valence-electron chi connectivity index (χ3n) is 4.90. The Morgan fingerprint density at radius 2 is 2.11 bits per heavy atom. The molecule has 2 aromatic rings. The summed E-state index contributed by atoms with van der Waals surface area (Å²) in [7, 11) is 0. The van der Waals surface area contributed by atoms with E-state index in [9.17, 15) is 5.11 Å². The second-order valence-electron chi connectivity index (χ2n) is 7.62. The number of nitrogens with one attached hydrogen (secondary N) is 2. The van der Waals surface area contributed by atoms with Crippen LogP contribution in [0, 0.1) is 0 Å². The number of para-hydroxylation sites is 1. The van der Waals surface area contributed by atoms with Crippen molar-refractivity contribution in [3.8, 4) is 0 Å². The molecule has 0 spiro atoms. The molecule has 0 aliphatic heterocycles. The number of aliphatic hydroxyl groups is 1. The Labute approximate surface area is 162 Å². The van der Waals surface area contributed by atoms with E-state index in [-0.39, 0.29) is 11.6 Å². The van der Waals surface area contributed by atoms with Gasteiger partial charge in [-0.1, -0.05) is 25.1 Å². The number of β-amino-alcohol motifs (C(OH)–C–C–N with tert-alkyl or cyclic N) is 1. The number of rotatable bonds is 11. The van der Waals surface area contributed by atoms with E-state index in [0.717, 1.165) is 31.4 Å². The van der Waals surface area contributed by atoms with Crippen LogP contribution in [0.15, 0.2) is 46.3 Å². The standard InChI is InChI=1S/C22H32N4O/c1-6-19(27)15-26-22(2,3)12-17-13-25-21-16(8-7-9-20(17)21)10-11-18(24-5)14-23-4/h7-9,13-14,19,25-27H,4-6,10-12,15H2,1-3H3/b18-14-. The van der Waals surface area contributed by atoms with E-state index in [1.807, 2.05) is 6.92 Å². The number of aromatic amines is 1. The molecule has 146 valence electrons. The summed E-state index contributed by atoms with van der Waals surface area (Å²) in [5, 5.41) is 14.6. The smallest absolute Gasteiger partial charge is 0.0662 e. The Morgan fingerprint density at radius 3 is 2.78 bits per heavy atom. The van der Waals surface area contributed by atoms with Crippen molar-refractivity contribution in [3.05, 3.63) is 47.4 Å². The molecule has 1 atom stereocenters. The molecule has 27 heavy (non-hydrogen) atoms. The van der Waals surface area contributed by atoms with Crippen LogP contribution in [0.1, 0.15) is 44.7 Å². The van der Waals surface area contributed by atoms with Crippen molar-refractivity contribution in [1.82, 2.24) is 10.3 Å². The van der Waals surface area contributed by atoms with Crippen molar-refractivity contribution in [1.29, 1.82) is 0 Å². The Morgan fingerprint density at radius 1 is 1.33 bits per heavy atom. The maximum absolute atomic E-state index is 9.82. The molecule has 0 saturated carbocycles. The van der Waals surface area contributed by atoms with E-state index in [4.69, 9.17) is 0 Å². The summed E-state index contributed by atoms with van der Waals surface area (Å²) >= 11 is 0. The minimum absolute atomic E-state index is 0.0976. The molecule has 1 aromatic heterocycles. The molecule has 2 rings (SSSR count). The zero-order valence-corrected chi connectivity index (χ0v) is 16.8. The van der Waals surface area contributed by atoms with E-state index in [1.165, 1.54) is 22.0 Å². The Bertz CT molecular complexity index is 804. The minimum atomic E-state index is -0.301. The fraction of sp³-hybridized carbons (Fsp3) is 0.455. The van der Waals surface area contributed by atoms with Gasteiger partial charge in [0.05, 0.1) is 11.8 Å². The van der Waals surface area contributed by atoms with E-state index in [0.29, 0.717) is 6.54 Å². The van der Waals surface area contributed by atoms with Crippen LogP contribution in [0.2, 0.25) is 0 Å². The van der Waals surface area contributed by atoms with Gasteiger partial charge in [0.2, 0.25) is 0 Å². The van der Waals surface area contributed by atoms with Gasteiger partial charge in [0.1, 0.15) is 0 Å². The predicted molar refractivity (Wildman–Crippen MR) is 116 cm³/mol. The zero-order valence-electron chi connectivity index (χ0n) is 16.8. The van der Waals surface area contributed by atoms with Crippen molar-refractivity contribution < 1.29 is 5.11 Å². The van der Waals surface area contributed by atoms with Crippen LogP contribution < -0.4 is 5.32 Å². The van der Waals surface area contributed by atoms with Gasteiger partial charge in [0, 0.05) is 35.4 Å². The first-order valence-electron chi connectivity index (χ1n) is 9.52. The Balaban J connectivity index is 2.15. The number of aryl methyl sites for hydroxylation is 1. The molecule has 3 N–H and O–H groups in total. The number of nitrogens with zero attached hydrogens (tertiary/aromatic N) is 2. The number of H-pyrrole nitrogens is 1. The van der Waals surface area contributed by atoms with Gasteiger partial charge in [0.25, 0.3) is 0 Å². The van der Waals surface area contributed by atoms with Crippen molar-refractivity contribution in [3.63, 3.8) is 0 Å². The number of aliphatic imine (C=N–C) groups is 2. The number of benzene rings is 1. The molecule has 1 aromatic carbocycles. The second kappa shape index (κ2) is 9.62. The van der Waals surface area contributed by atoms with Crippen LogP contribution in [0.3, 0.4) is 0 Å². The van der Waals surface area contributed by atoms with Crippen LogP contribution in [0.5, 0.6) is 0 Å². The average molecular weight is 369 g/mol. The monoisotopic (exact) mass is 368 g/mol. The average Bonchev–Trinajstić information content (AvgIpc) is 3.06. The summed E-state index contributed by atoms with van der Waals surface area (Å²) in [6.45, 7) is 14.0. The highest BCUT2D eigenvalue weighted by molar-refractivity contribution is 5.86. The van der Waals surface area contributed by atoms with Gasteiger partial charge in [-0.25, -0.2) is 0 Å². The summed E-state index contributed by atoms with van der Waals surface area (Å²) < 4.78 is 0. The summed E-state index contributed by atoms with van der Waals surface area (Å²) in [5.41, 5.74) is 4.45. The lowest BCUT2D eigenvalue weighted by Gasteiger charge is -2.27. The van der Waals surface area contributed by atoms with Gasteiger partial charge in [-0.2, -0.15) is 0 Å². The molecule has 0 bridgehead atoms. The van der Waals surface area contributed by atoms with Gasteiger partial charge in [-0.15, -0.1) is 0 Å². The molecule has 5 nitrogen and oxygen atoms in total. The van der Waals surface area contributed by atoms with Crippen molar-refractivity contribution in [2.24, 2.45) is 9.98 Å². The lowest BCUT2D eigenvalue weighted by Crippen LogP contribution is -2.44. The summed E-state index contributed by atoms with van der Waals surface area (Å²) in [5.74, 6) is 0. The van der Waals surface area contributed by atoms with Crippen LogP contribution in [0.4, 0.5) is 0 Å². The highest BCUT2D eigenvalue weighted by Crippen LogP contribution is 2.26. The number of aliphatic hydroxyl groups excluding tert-OH is 1. The van der Waals surface area contributed by atoms with Gasteiger partial charge in [-0.05, 0) is 64.1 Å². The van der Waals surface area contributed by atoms with Crippen LogP contribution in [0.25, 0.3) is 10.9 Å². The topological polar surface area (TPSA) is 72.8 Å². The van der Waals surface area contributed by atoms with E-state index in [1.54, 1.807) is 6.20 Å². The SMILES string of the molecule is C=N/C=C(/CCc1cccc2c(CC(C)(C)NCC(O)CC)c[nH]c12)N=C. The molecule has 0 fully saturated rings. The second-order valence-corrected chi connectivity index (χ2v) is 7.62. The molecule has 0 saturated heterocycles. The molecule has 0 radical (unpaired) electrons. The molecule has 1 heterocycles. The van der Waals surface area contributed by atoms with E-state index < -0.39 is 0 Å². The van der Waals surface area contributed by atoms with Gasteiger partial charge in [-0.3, -0.25) is 9.98 Å². The van der Waals surface area contributed by atoms with E-state index >= 15 is 0 Å². The minimum Gasteiger partial charge on any atom is -0.392 e. The Kier molecular flexibility index (Phi) is 7.51. The molecule has 0 aliphatic carbocycles. The number of hydrogen-bond donors (Lipinski definition) is 3. The fourth-order valence-corrected chi connectivity index (χ4v) is 3.26. The number of aromatic nitrogens is 1. The quantitative estimate of drug-likeness (QED) is 0.524. The van der Waals surface area contributed by atoms with Gasteiger partial charge < -0.3 is 15.4 Å². The van der Waals surface area contributed by atoms with Crippen LogP contribution in [-0.2, 0) is 12.8 Å². The molecule has 0 amide bonds. The summed E-state index contributed by atoms with van der Waals surface area (Å²) in [4.78, 5) is 11.2. The predicted octanol–water partition coefficient (Wildman–Crippen LogP) is 4.02. The van der Waals surface area contributed by atoms with E-state index in [2.05, 4.69) is 72.0 Å². The highest BCUT2D eigenvalue weighted by atomic mass is 16.3. The number of hydrogen-bond acceptors (Lipinski definition) is 4. The zero-order chi connectivity index (χ0) is 19.9. The molecule has 1 unspecified atom stereocenters.